The van der Waals surface area contributed by atoms with Crippen LogP contribution < -0.4 is 14.8 Å². The second kappa shape index (κ2) is 5.94. The van der Waals surface area contributed by atoms with Crippen molar-refractivity contribution in [2.75, 3.05) is 19.0 Å². The minimum Gasteiger partial charge on any atom is -0.493 e. The number of hydrogen-bond acceptors (Lipinski definition) is 4. The molecule has 0 spiro atoms. The number of fused-ring (bicyclic) bond motifs is 1. The Labute approximate surface area is 129 Å². The Hall–Kier alpha value is -2.51. The summed E-state index contributed by atoms with van der Waals surface area (Å²) in [6, 6.07) is 4.67. The van der Waals surface area contributed by atoms with Crippen LogP contribution in [0.4, 0.5) is 23.2 Å². The fourth-order valence-corrected chi connectivity index (χ4v) is 2.47. The third kappa shape index (κ3) is 2.76. The molecule has 0 amide bonds. The number of nitrogens with one attached hydrogen (secondary N) is 1. The van der Waals surface area contributed by atoms with E-state index in [9.17, 15) is 17.6 Å². The Morgan fingerprint density at radius 3 is 2.52 bits per heavy atom. The van der Waals surface area contributed by atoms with Gasteiger partial charge in [-0.3, -0.25) is 0 Å². The van der Waals surface area contributed by atoms with E-state index in [0.29, 0.717) is 17.9 Å². The Morgan fingerprint density at radius 1 is 1.17 bits per heavy atom. The molecule has 2 heterocycles. The molecule has 0 bridgehead atoms. The monoisotopic (exact) mass is 328 g/mol. The van der Waals surface area contributed by atoms with E-state index in [1.54, 1.807) is 18.2 Å². The van der Waals surface area contributed by atoms with Crippen LogP contribution in [0.15, 0.2) is 18.2 Å². The zero-order chi connectivity index (χ0) is 16.6. The molecule has 0 aliphatic carbocycles. The number of anilines is 1. The number of halogens is 4. The van der Waals surface area contributed by atoms with Gasteiger partial charge in [-0.2, -0.15) is 22.5 Å². The maximum atomic E-state index is 13.6. The summed E-state index contributed by atoms with van der Waals surface area (Å²) in [4.78, 5) is 2.51. The van der Waals surface area contributed by atoms with Crippen LogP contribution in [-0.2, 0) is 6.42 Å². The number of nitrogens with zero attached hydrogens (tertiary/aromatic N) is 1. The molecular formula is C15H12F4N2O2. The number of benzene rings is 1. The third-order valence-corrected chi connectivity index (χ3v) is 3.52. The lowest BCUT2D eigenvalue weighted by molar-refractivity contribution is 0.255. The van der Waals surface area contributed by atoms with E-state index in [2.05, 4.69) is 10.3 Å². The highest BCUT2D eigenvalue weighted by Crippen LogP contribution is 2.35. The summed E-state index contributed by atoms with van der Waals surface area (Å²) in [5.41, 5.74) is -0.140. The summed E-state index contributed by atoms with van der Waals surface area (Å²) in [5, 5.41) is 2.44. The van der Waals surface area contributed by atoms with Gasteiger partial charge in [-0.05, 0) is 12.5 Å². The van der Waals surface area contributed by atoms with Gasteiger partial charge in [0.15, 0.2) is 11.5 Å². The van der Waals surface area contributed by atoms with Crippen LogP contribution in [0.1, 0.15) is 5.56 Å². The van der Waals surface area contributed by atoms with Crippen molar-refractivity contribution in [1.29, 1.82) is 0 Å². The van der Waals surface area contributed by atoms with Gasteiger partial charge in [0.05, 0.1) is 13.2 Å². The average Bonchev–Trinajstić information content (AvgIpc) is 2.56. The van der Waals surface area contributed by atoms with Gasteiger partial charge in [-0.1, -0.05) is 12.1 Å². The first-order valence-corrected chi connectivity index (χ1v) is 6.76. The van der Waals surface area contributed by atoms with Crippen molar-refractivity contribution in [1.82, 2.24) is 4.98 Å². The second-order valence-corrected chi connectivity index (χ2v) is 5.00. The summed E-state index contributed by atoms with van der Waals surface area (Å²) in [7, 11) is 1.50. The molecule has 0 fully saturated rings. The van der Waals surface area contributed by atoms with Gasteiger partial charge in [0.1, 0.15) is 12.3 Å². The zero-order valence-corrected chi connectivity index (χ0v) is 12.0. The number of ether oxygens (including phenoxy) is 2. The SMILES string of the molecule is COc1cccc2c1OCC(Nc1c(F)c(F)nc(F)c1F)C2. The molecule has 4 nitrogen and oxygen atoms in total. The van der Waals surface area contributed by atoms with Gasteiger partial charge in [-0.25, -0.2) is 0 Å². The molecule has 1 aliphatic heterocycles. The van der Waals surface area contributed by atoms with E-state index in [0.717, 1.165) is 5.56 Å². The van der Waals surface area contributed by atoms with Gasteiger partial charge in [0.2, 0.25) is 11.6 Å². The number of para-hydroxylation sites is 1. The van der Waals surface area contributed by atoms with Crippen molar-refractivity contribution < 1.29 is 27.0 Å². The van der Waals surface area contributed by atoms with E-state index in [-0.39, 0.29) is 6.61 Å². The highest BCUT2D eigenvalue weighted by Gasteiger charge is 2.27. The van der Waals surface area contributed by atoms with E-state index in [1.165, 1.54) is 7.11 Å². The van der Waals surface area contributed by atoms with Crippen LogP contribution in [0.3, 0.4) is 0 Å². The van der Waals surface area contributed by atoms with Gasteiger partial charge in [0.25, 0.3) is 11.9 Å². The maximum Gasteiger partial charge on any atom is 0.253 e. The lowest BCUT2D eigenvalue weighted by Crippen LogP contribution is -2.34. The normalized spacial score (nSPS) is 16.5. The molecule has 0 saturated carbocycles. The zero-order valence-electron chi connectivity index (χ0n) is 12.0. The predicted molar refractivity (Wildman–Crippen MR) is 73.7 cm³/mol. The quantitative estimate of drug-likeness (QED) is 0.695. The van der Waals surface area contributed by atoms with Crippen LogP contribution in [0.5, 0.6) is 11.5 Å². The lowest BCUT2D eigenvalue weighted by atomic mass is 10.0. The Kier molecular flexibility index (Phi) is 3.97. The summed E-state index contributed by atoms with van der Waals surface area (Å²) >= 11 is 0. The third-order valence-electron chi connectivity index (χ3n) is 3.52. The predicted octanol–water partition coefficient (Wildman–Crippen LogP) is 3.06. The molecule has 8 heteroatoms. The van der Waals surface area contributed by atoms with E-state index < -0.39 is 35.3 Å². The molecule has 3 rings (SSSR count). The number of aromatic nitrogens is 1. The second-order valence-electron chi connectivity index (χ2n) is 5.00. The number of rotatable bonds is 3. The summed E-state index contributed by atoms with van der Waals surface area (Å²) in [6.07, 6.45) is 0.344. The largest absolute Gasteiger partial charge is 0.493 e. The lowest BCUT2D eigenvalue weighted by Gasteiger charge is -2.28. The molecule has 1 atom stereocenters. The van der Waals surface area contributed by atoms with Gasteiger partial charge < -0.3 is 14.8 Å². The number of pyridine rings is 1. The standard InChI is InChI=1S/C15H12F4N2O2/c1-22-9-4-2-3-7-5-8(6-23-13(7)9)20-12-10(16)14(18)21-15(19)11(12)17/h2-4,8H,5-6H2,1H3,(H,20,21). The molecule has 0 radical (unpaired) electrons. The van der Waals surface area contributed by atoms with Gasteiger partial charge >= 0.3 is 0 Å². The van der Waals surface area contributed by atoms with Crippen molar-refractivity contribution in [3.63, 3.8) is 0 Å². The Bertz CT molecular complexity index is 728. The van der Waals surface area contributed by atoms with Crippen LogP contribution in [0, 0.1) is 23.5 Å². The summed E-state index contributed by atoms with van der Waals surface area (Å²) in [6.45, 7) is 0.0534. The molecule has 23 heavy (non-hydrogen) atoms. The molecule has 0 saturated heterocycles. The van der Waals surface area contributed by atoms with Crippen LogP contribution >= 0.6 is 0 Å². The summed E-state index contributed by atoms with van der Waals surface area (Å²) in [5.74, 6) is -5.46. The molecule has 1 N–H and O–H groups in total. The van der Waals surface area contributed by atoms with Gasteiger partial charge in [0, 0.05) is 5.56 Å². The molecule has 1 aliphatic rings. The smallest absolute Gasteiger partial charge is 0.253 e. The van der Waals surface area contributed by atoms with Gasteiger partial charge in [-0.15, -0.1) is 0 Å². The maximum absolute atomic E-state index is 13.6. The first-order valence-electron chi connectivity index (χ1n) is 6.76. The fourth-order valence-electron chi connectivity index (χ4n) is 2.47. The van der Waals surface area contributed by atoms with Crippen molar-refractivity contribution in [2.24, 2.45) is 0 Å². The Balaban J connectivity index is 1.86. The average molecular weight is 328 g/mol. The first kappa shape index (κ1) is 15.4. The first-order chi connectivity index (χ1) is 11.0. The van der Waals surface area contributed by atoms with Crippen LogP contribution in [0.2, 0.25) is 0 Å². The van der Waals surface area contributed by atoms with E-state index in [4.69, 9.17) is 9.47 Å². The molecule has 1 aromatic carbocycles. The number of hydrogen-bond donors (Lipinski definition) is 1. The highest BCUT2D eigenvalue weighted by atomic mass is 19.2. The topological polar surface area (TPSA) is 43.4 Å². The summed E-state index contributed by atoms with van der Waals surface area (Å²) < 4.78 is 64.2. The molecule has 122 valence electrons. The number of methoxy groups -OCH3 is 1. The van der Waals surface area contributed by atoms with E-state index >= 15 is 0 Å². The van der Waals surface area contributed by atoms with Crippen molar-refractivity contribution in [3.8, 4) is 11.5 Å². The van der Waals surface area contributed by atoms with E-state index in [1.807, 2.05) is 0 Å². The van der Waals surface area contributed by atoms with Crippen LogP contribution in [-0.4, -0.2) is 24.7 Å². The molecular weight excluding hydrogens is 316 g/mol. The highest BCUT2D eigenvalue weighted by molar-refractivity contribution is 5.51. The molecule has 2 aromatic rings. The van der Waals surface area contributed by atoms with Crippen molar-refractivity contribution >= 4 is 5.69 Å². The minimum atomic E-state index is -1.70. The van der Waals surface area contributed by atoms with Crippen LogP contribution in [0.25, 0.3) is 0 Å². The van der Waals surface area contributed by atoms with Crippen molar-refractivity contribution in [3.05, 3.63) is 47.3 Å². The van der Waals surface area contributed by atoms with Crippen molar-refractivity contribution in [2.45, 2.75) is 12.5 Å². The fraction of sp³-hybridized carbons (Fsp3) is 0.267. The minimum absolute atomic E-state index is 0.0534. The molecule has 1 unspecified atom stereocenters. The molecule has 1 aromatic heterocycles. The Morgan fingerprint density at radius 2 is 1.87 bits per heavy atom.